The van der Waals surface area contributed by atoms with Crippen molar-refractivity contribution in [2.45, 2.75) is 33.4 Å². The molecule has 3 aromatic rings. The number of aromatic nitrogens is 2. The van der Waals surface area contributed by atoms with Crippen LogP contribution in [0.2, 0.25) is 0 Å². The van der Waals surface area contributed by atoms with E-state index in [1.807, 2.05) is 54.9 Å². The number of hydrogen-bond donors (Lipinski definition) is 1. The van der Waals surface area contributed by atoms with E-state index in [-0.39, 0.29) is 0 Å². The van der Waals surface area contributed by atoms with E-state index in [0.29, 0.717) is 5.88 Å². The Morgan fingerprint density at radius 1 is 1.00 bits per heavy atom. The van der Waals surface area contributed by atoms with Crippen LogP contribution in [0.1, 0.15) is 29.3 Å². The summed E-state index contributed by atoms with van der Waals surface area (Å²) in [5, 5.41) is 8.33. The lowest BCUT2D eigenvalue weighted by Gasteiger charge is -2.31. The van der Waals surface area contributed by atoms with Crippen LogP contribution in [0, 0.1) is 20.8 Å². The minimum absolute atomic E-state index is 0.687. The van der Waals surface area contributed by atoms with Crippen molar-refractivity contribution in [1.29, 1.82) is 0 Å². The van der Waals surface area contributed by atoms with Crippen molar-refractivity contribution in [2.75, 3.05) is 5.32 Å². The quantitative estimate of drug-likeness (QED) is 0.681. The van der Waals surface area contributed by atoms with Crippen LogP contribution in [0.3, 0.4) is 0 Å². The van der Waals surface area contributed by atoms with Gasteiger partial charge in [-0.05, 0) is 63.1 Å². The molecule has 0 fully saturated rings. The third-order valence-electron chi connectivity index (χ3n) is 5.24. The fraction of sp³-hybridized carbons (Fsp3) is 0.227. The van der Waals surface area contributed by atoms with Gasteiger partial charge in [0, 0.05) is 6.08 Å². The Labute approximate surface area is 158 Å². The number of para-hydroxylation sites is 1. The van der Waals surface area contributed by atoms with Gasteiger partial charge >= 0.3 is 0 Å². The van der Waals surface area contributed by atoms with Gasteiger partial charge in [0.2, 0.25) is 11.6 Å². The van der Waals surface area contributed by atoms with Crippen molar-refractivity contribution >= 4 is 5.69 Å². The second kappa shape index (κ2) is 5.39. The molecule has 5 heteroatoms. The van der Waals surface area contributed by atoms with Crippen molar-refractivity contribution in [3.63, 3.8) is 0 Å². The zero-order valence-electron chi connectivity index (χ0n) is 15.8. The number of nitrogens with one attached hydrogen (secondary N) is 1. The Kier molecular flexibility index (Phi) is 3.20. The van der Waals surface area contributed by atoms with Crippen LogP contribution in [0.4, 0.5) is 5.69 Å². The van der Waals surface area contributed by atoms with Crippen LogP contribution >= 0.6 is 0 Å². The fourth-order valence-electron chi connectivity index (χ4n) is 3.86. The Bertz CT molecular complexity index is 1070. The lowest BCUT2D eigenvalue weighted by molar-refractivity contribution is 0.153. The van der Waals surface area contributed by atoms with Crippen molar-refractivity contribution in [3.8, 4) is 17.3 Å². The van der Waals surface area contributed by atoms with E-state index in [2.05, 4.69) is 31.3 Å². The molecule has 5 nitrogen and oxygen atoms in total. The molecule has 2 aliphatic rings. The highest BCUT2D eigenvalue weighted by molar-refractivity contribution is 5.68. The maximum Gasteiger partial charge on any atom is 0.237 e. The molecule has 136 valence electrons. The van der Waals surface area contributed by atoms with Crippen molar-refractivity contribution in [2.24, 2.45) is 0 Å². The maximum absolute atomic E-state index is 6.48. The number of benzene rings is 2. The van der Waals surface area contributed by atoms with Crippen molar-refractivity contribution in [1.82, 2.24) is 9.78 Å². The molecule has 5 rings (SSSR count). The molecule has 0 unspecified atom stereocenters. The monoisotopic (exact) mass is 359 g/mol. The summed E-state index contributed by atoms with van der Waals surface area (Å²) in [6.45, 7) is 8.13. The van der Waals surface area contributed by atoms with Gasteiger partial charge in [0.25, 0.3) is 0 Å². The van der Waals surface area contributed by atoms with E-state index in [9.17, 15) is 0 Å². The molecule has 0 radical (unpaired) electrons. The van der Waals surface area contributed by atoms with Gasteiger partial charge in [-0.25, -0.2) is 4.68 Å². The van der Waals surface area contributed by atoms with Gasteiger partial charge in [-0.3, -0.25) is 0 Å². The highest BCUT2D eigenvalue weighted by Crippen LogP contribution is 2.50. The Balaban J connectivity index is 1.69. The van der Waals surface area contributed by atoms with Gasteiger partial charge in [-0.2, -0.15) is 5.10 Å². The molecule has 0 saturated carbocycles. The topological polar surface area (TPSA) is 48.3 Å². The summed E-state index contributed by atoms with van der Waals surface area (Å²) in [6, 6.07) is 14.2. The van der Waals surface area contributed by atoms with E-state index < -0.39 is 5.72 Å². The minimum atomic E-state index is -0.808. The number of hydrogen-bond acceptors (Lipinski definition) is 4. The number of nitrogens with zero attached hydrogens (tertiary/aromatic N) is 2. The first-order valence-corrected chi connectivity index (χ1v) is 9.08. The third kappa shape index (κ3) is 2.28. The van der Waals surface area contributed by atoms with E-state index in [1.54, 1.807) is 0 Å². The van der Waals surface area contributed by atoms with E-state index in [0.717, 1.165) is 34.1 Å². The number of anilines is 1. The third-order valence-corrected chi connectivity index (χ3v) is 5.24. The van der Waals surface area contributed by atoms with Gasteiger partial charge in [-0.1, -0.05) is 18.2 Å². The van der Waals surface area contributed by atoms with Gasteiger partial charge in [-0.15, -0.1) is 0 Å². The molecule has 0 bridgehead atoms. The van der Waals surface area contributed by atoms with Crippen LogP contribution in [-0.4, -0.2) is 9.78 Å². The SMILES string of the molecule is CC1=C[C@]2(Nc3cc(C)c(C)cc3O2)c2c(C)nn(-c3ccccc3)c2O1. The van der Waals surface area contributed by atoms with Crippen LogP contribution in [-0.2, 0) is 5.72 Å². The zero-order valence-corrected chi connectivity index (χ0v) is 15.8. The average molecular weight is 359 g/mol. The summed E-state index contributed by atoms with van der Waals surface area (Å²) in [5.74, 6) is 2.31. The zero-order chi connectivity index (χ0) is 18.8. The standard InChI is InChI=1S/C22H21N3O2/c1-13-10-18-19(11-14(13)2)27-22(23-18)12-15(3)26-21-20(22)16(4)24-25(21)17-8-6-5-7-9-17/h5-12,23H,1-4H3/t22-/m1/s1. The van der Waals surface area contributed by atoms with Crippen LogP contribution < -0.4 is 14.8 Å². The van der Waals surface area contributed by atoms with E-state index in [4.69, 9.17) is 14.6 Å². The summed E-state index contributed by atoms with van der Waals surface area (Å²) < 4.78 is 14.4. The summed E-state index contributed by atoms with van der Waals surface area (Å²) in [7, 11) is 0. The predicted octanol–water partition coefficient (Wildman–Crippen LogP) is 4.75. The lowest BCUT2D eigenvalue weighted by Crippen LogP contribution is -2.38. The molecule has 1 spiro atoms. The second-order valence-electron chi connectivity index (χ2n) is 7.27. The minimum Gasteiger partial charge on any atom is -0.458 e. The predicted molar refractivity (Wildman–Crippen MR) is 105 cm³/mol. The van der Waals surface area contributed by atoms with Gasteiger partial charge in [0.1, 0.15) is 17.1 Å². The number of ether oxygens (including phenoxy) is 2. The molecule has 0 aliphatic carbocycles. The normalized spacial score (nSPS) is 19.6. The molecule has 1 atom stereocenters. The highest BCUT2D eigenvalue weighted by atomic mass is 16.5. The first-order valence-electron chi connectivity index (χ1n) is 9.08. The van der Waals surface area contributed by atoms with Crippen molar-refractivity contribution in [3.05, 3.63) is 76.7 Å². The van der Waals surface area contributed by atoms with E-state index >= 15 is 0 Å². The molecule has 2 aromatic carbocycles. The fourth-order valence-corrected chi connectivity index (χ4v) is 3.86. The van der Waals surface area contributed by atoms with Crippen LogP contribution in [0.15, 0.2) is 54.3 Å². The van der Waals surface area contributed by atoms with Gasteiger partial charge in [0.15, 0.2) is 0 Å². The van der Waals surface area contributed by atoms with Gasteiger partial charge in [0.05, 0.1) is 17.1 Å². The summed E-state index contributed by atoms with van der Waals surface area (Å²) in [5.41, 5.74) is 5.34. The smallest absolute Gasteiger partial charge is 0.237 e. The molecule has 0 amide bonds. The van der Waals surface area contributed by atoms with Crippen LogP contribution in [0.5, 0.6) is 11.6 Å². The first kappa shape index (κ1) is 16.0. The Morgan fingerprint density at radius 2 is 1.74 bits per heavy atom. The number of allylic oxidation sites excluding steroid dienone is 1. The maximum atomic E-state index is 6.48. The average Bonchev–Trinajstić information content (AvgIpc) is 3.14. The largest absolute Gasteiger partial charge is 0.458 e. The van der Waals surface area contributed by atoms with Crippen molar-refractivity contribution < 1.29 is 9.47 Å². The van der Waals surface area contributed by atoms with E-state index in [1.165, 1.54) is 11.1 Å². The number of aryl methyl sites for hydroxylation is 3. The number of fused-ring (bicyclic) bond motifs is 3. The molecule has 1 N–H and O–H groups in total. The molecule has 0 saturated heterocycles. The Hall–Kier alpha value is -3.21. The molecular formula is C22H21N3O2. The number of rotatable bonds is 1. The molecular weight excluding hydrogens is 338 g/mol. The lowest BCUT2D eigenvalue weighted by atomic mass is 10.00. The first-order chi connectivity index (χ1) is 13.0. The summed E-state index contributed by atoms with van der Waals surface area (Å²) in [6.07, 6.45) is 1.99. The van der Waals surface area contributed by atoms with Crippen LogP contribution in [0.25, 0.3) is 5.69 Å². The molecule has 27 heavy (non-hydrogen) atoms. The Morgan fingerprint density at radius 3 is 2.52 bits per heavy atom. The molecule has 2 aliphatic heterocycles. The molecule has 3 heterocycles. The second-order valence-corrected chi connectivity index (χ2v) is 7.27. The molecule has 1 aromatic heterocycles. The highest BCUT2D eigenvalue weighted by Gasteiger charge is 2.47. The van der Waals surface area contributed by atoms with Gasteiger partial charge < -0.3 is 14.8 Å². The summed E-state index contributed by atoms with van der Waals surface area (Å²) in [4.78, 5) is 0. The summed E-state index contributed by atoms with van der Waals surface area (Å²) >= 11 is 0.